The Labute approximate surface area is 247 Å². The molecule has 0 saturated heterocycles. The zero-order valence-electron chi connectivity index (χ0n) is 26.5. The van der Waals surface area contributed by atoms with Gasteiger partial charge in [-0.05, 0) is 0 Å². The van der Waals surface area contributed by atoms with E-state index in [2.05, 4.69) is 69.2 Å². The molecule has 0 bridgehead atoms. The van der Waals surface area contributed by atoms with Gasteiger partial charge in [0.2, 0.25) is 0 Å². The van der Waals surface area contributed by atoms with E-state index in [0.29, 0.717) is 11.1 Å². The molecule has 4 rings (SSSR count). The van der Waals surface area contributed by atoms with Gasteiger partial charge in [0.1, 0.15) is 0 Å². The molecular formula is C36H44O4Zr. The molecular weight excluding hydrogens is 588 g/mol. The van der Waals surface area contributed by atoms with Gasteiger partial charge in [0.25, 0.3) is 0 Å². The molecule has 0 N–H and O–H groups in total. The van der Waals surface area contributed by atoms with E-state index in [-0.39, 0.29) is 0 Å². The first-order chi connectivity index (χ1) is 19.1. The number of hydrogen-bond acceptors (Lipinski definition) is 4. The standard InChI is InChI=1S/2C10H15.2C7H6O2.C2H4.Zr/c2*1-7-6-10(4,5)9(3)8(7)2;2*8-7(9)6-4-2-1-3-5-6;1-2;/h2*1-5H3;2*1-5H,(H,8,9);1H,2H3;/q;;;;;+2/p-2. The molecule has 41 heavy (non-hydrogen) atoms. The van der Waals surface area contributed by atoms with Gasteiger partial charge in [-0.1, -0.05) is 0 Å². The molecule has 0 radical (unpaired) electrons. The Balaban J connectivity index is 2.23. The molecule has 5 heteroatoms. The maximum atomic E-state index is 14.4. The third-order valence-corrected chi connectivity index (χ3v) is 25.3. The van der Waals surface area contributed by atoms with E-state index < -0.39 is 41.9 Å². The van der Waals surface area contributed by atoms with Crippen LogP contribution in [0.15, 0.2) is 101 Å². The first kappa shape index (κ1) is 31.0. The molecule has 0 atom stereocenters. The van der Waals surface area contributed by atoms with Gasteiger partial charge < -0.3 is 0 Å². The Morgan fingerprint density at radius 1 is 0.585 bits per heavy atom. The first-order valence-corrected chi connectivity index (χ1v) is 20.3. The van der Waals surface area contributed by atoms with Gasteiger partial charge in [0.15, 0.2) is 0 Å². The van der Waals surface area contributed by atoms with E-state index >= 15 is 0 Å². The minimum absolute atomic E-state index is 0.427. The van der Waals surface area contributed by atoms with Crippen LogP contribution in [0.2, 0.25) is 0 Å². The number of hydrogen-bond donors (Lipinski definition) is 0. The molecule has 2 aromatic carbocycles. The second-order valence-electron chi connectivity index (χ2n) is 12.7. The number of carbonyl (C=O) groups is 2. The predicted octanol–water partition coefficient (Wildman–Crippen LogP) is 9.34. The summed E-state index contributed by atoms with van der Waals surface area (Å²) in [6.45, 7) is 23.3. The van der Waals surface area contributed by atoms with Crippen molar-refractivity contribution in [2.24, 2.45) is 10.8 Å². The van der Waals surface area contributed by atoms with E-state index in [1.54, 1.807) is 24.3 Å². The van der Waals surface area contributed by atoms with Crippen LogP contribution in [0.1, 0.15) is 96.9 Å². The molecule has 0 unspecified atom stereocenters. The molecule has 0 spiro atoms. The molecule has 0 aliphatic heterocycles. The monoisotopic (exact) mass is 630 g/mol. The molecule has 0 amide bonds. The molecule has 2 aromatic rings. The zero-order valence-corrected chi connectivity index (χ0v) is 28.9. The summed E-state index contributed by atoms with van der Waals surface area (Å²) in [6.07, 6.45) is 0. The molecule has 216 valence electrons. The zero-order chi connectivity index (χ0) is 30.6. The Morgan fingerprint density at radius 2 is 0.902 bits per heavy atom. The van der Waals surface area contributed by atoms with Gasteiger partial charge >= 0.3 is 249 Å². The van der Waals surface area contributed by atoms with Crippen molar-refractivity contribution in [1.29, 1.82) is 0 Å². The third kappa shape index (κ3) is 4.47. The average molecular weight is 632 g/mol. The summed E-state index contributed by atoms with van der Waals surface area (Å²) < 4.78 is 18.2. The summed E-state index contributed by atoms with van der Waals surface area (Å²) in [6, 6.07) is 18.1. The van der Waals surface area contributed by atoms with Crippen molar-refractivity contribution < 1.29 is 34.4 Å². The Bertz CT molecular complexity index is 1520. The SMILES string of the molecule is C[CH]=[Zr]([O]C(=O)c1ccccc1)([O]C(=O)c1ccccc1)([C]1=C(C)C(C)=C(C)C1(C)C)[C]1=C(C)C(C)=C(C)C1(C)C. The van der Waals surface area contributed by atoms with Crippen molar-refractivity contribution in [3.05, 3.63) is 112 Å². The summed E-state index contributed by atoms with van der Waals surface area (Å²) in [5.74, 6) is -0.960. The second kappa shape index (κ2) is 10.4. The summed E-state index contributed by atoms with van der Waals surface area (Å²) in [4.78, 5) is 28.7. The van der Waals surface area contributed by atoms with Crippen LogP contribution < -0.4 is 0 Å². The predicted molar refractivity (Wildman–Crippen MR) is 165 cm³/mol. The number of rotatable bonds is 6. The topological polar surface area (TPSA) is 52.6 Å². The van der Waals surface area contributed by atoms with Crippen molar-refractivity contribution in [3.8, 4) is 0 Å². The number of allylic oxidation sites excluding steroid dienone is 8. The minimum atomic E-state index is -6.08. The summed E-state index contributed by atoms with van der Waals surface area (Å²) in [5, 5.41) is 0. The van der Waals surface area contributed by atoms with Crippen molar-refractivity contribution >= 4 is 15.6 Å². The fourth-order valence-corrected chi connectivity index (χ4v) is 24.7. The third-order valence-electron chi connectivity index (χ3n) is 10.2. The summed E-state index contributed by atoms with van der Waals surface area (Å²) in [5.41, 5.74) is 6.56. The molecule has 4 nitrogen and oxygen atoms in total. The Kier molecular flexibility index (Phi) is 7.89. The first-order valence-electron chi connectivity index (χ1n) is 14.4. The molecule has 2 aliphatic rings. The number of carbonyl (C=O) groups excluding carboxylic acids is 2. The summed E-state index contributed by atoms with van der Waals surface area (Å²) in [7, 11) is 0. The molecule has 0 aromatic heterocycles. The quantitative estimate of drug-likeness (QED) is 0.319. The van der Waals surface area contributed by atoms with Crippen LogP contribution in [0.5, 0.6) is 0 Å². The van der Waals surface area contributed by atoms with E-state index in [1.807, 2.05) is 47.0 Å². The van der Waals surface area contributed by atoms with Crippen molar-refractivity contribution in [2.45, 2.75) is 76.2 Å². The van der Waals surface area contributed by atoms with Crippen LogP contribution >= 0.6 is 0 Å². The van der Waals surface area contributed by atoms with Crippen molar-refractivity contribution in [3.63, 3.8) is 0 Å². The van der Waals surface area contributed by atoms with Gasteiger partial charge in [0, 0.05) is 0 Å². The fraction of sp³-hybridized carbons (Fsp3) is 0.361. The Morgan fingerprint density at radius 3 is 1.15 bits per heavy atom. The molecule has 0 saturated carbocycles. The number of benzene rings is 2. The normalized spacial score (nSPS) is 18.7. The van der Waals surface area contributed by atoms with Crippen LogP contribution in [0.4, 0.5) is 0 Å². The molecule has 0 fully saturated rings. The van der Waals surface area contributed by atoms with Gasteiger partial charge in [-0.25, -0.2) is 0 Å². The van der Waals surface area contributed by atoms with Crippen LogP contribution in [0, 0.1) is 10.8 Å². The second-order valence-corrected chi connectivity index (χ2v) is 23.2. The molecule has 2 aliphatic carbocycles. The van der Waals surface area contributed by atoms with E-state index in [0.717, 1.165) is 28.9 Å². The van der Waals surface area contributed by atoms with Gasteiger partial charge in [-0.2, -0.15) is 0 Å². The fourth-order valence-electron chi connectivity index (χ4n) is 7.47. The van der Waals surface area contributed by atoms with Gasteiger partial charge in [0.05, 0.1) is 0 Å². The van der Waals surface area contributed by atoms with Crippen molar-refractivity contribution in [2.75, 3.05) is 0 Å². The van der Waals surface area contributed by atoms with Crippen LogP contribution in [-0.2, 0) is 24.8 Å². The summed E-state index contributed by atoms with van der Waals surface area (Å²) >= 11 is -6.08. The van der Waals surface area contributed by atoms with Crippen LogP contribution in [0.3, 0.4) is 0 Å². The van der Waals surface area contributed by atoms with Crippen LogP contribution in [-0.4, -0.2) is 15.6 Å². The van der Waals surface area contributed by atoms with E-state index in [1.165, 1.54) is 11.1 Å². The average Bonchev–Trinajstić information content (AvgIpc) is 3.21. The van der Waals surface area contributed by atoms with Crippen LogP contribution in [0.25, 0.3) is 0 Å². The Hall–Kier alpha value is -2.91. The van der Waals surface area contributed by atoms with Gasteiger partial charge in [-0.15, -0.1) is 0 Å². The van der Waals surface area contributed by atoms with Gasteiger partial charge in [-0.3, -0.25) is 0 Å². The van der Waals surface area contributed by atoms with E-state index in [9.17, 15) is 9.59 Å². The van der Waals surface area contributed by atoms with Crippen molar-refractivity contribution in [1.82, 2.24) is 0 Å². The molecule has 0 heterocycles. The maximum absolute atomic E-state index is 14.4. The van der Waals surface area contributed by atoms with E-state index in [4.69, 9.17) is 5.63 Å².